The molecule has 0 aliphatic heterocycles. The van der Waals surface area contributed by atoms with Gasteiger partial charge in [0.15, 0.2) is 0 Å². The van der Waals surface area contributed by atoms with Crippen molar-refractivity contribution >= 4 is 10.1 Å². The Morgan fingerprint density at radius 3 is 1.33 bits per heavy atom. The molecule has 0 saturated carbocycles. The minimum atomic E-state index is -4.17. The minimum Gasteiger partial charge on any atom is -0.748 e. The van der Waals surface area contributed by atoms with Gasteiger partial charge in [0, 0.05) is 5.25 Å². The number of hydrogen-bond donors (Lipinski definition) is 1. The van der Waals surface area contributed by atoms with Crippen molar-refractivity contribution in [2.24, 2.45) is 0 Å². The molecule has 30 heavy (non-hydrogen) atoms. The zero-order chi connectivity index (χ0) is 21.8. The minimum absolute atomic E-state index is 0. The topological polar surface area (TPSA) is 77.4 Å². The summed E-state index contributed by atoms with van der Waals surface area (Å²) in [6.07, 6.45) is 20.8. The molecule has 0 amide bonds. The Morgan fingerprint density at radius 1 is 0.600 bits per heavy atom. The summed E-state index contributed by atoms with van der Waals surface area (Å²) in [5.74, 6) is 0. The van der Waals surface area contributed by atoms with Crippen molar-refractivity contribution in [1.82, 2.24) is 0 Å². The first-order chi connectivity index (χ1) is 13.9. The Hall–Kier alpha value is 1.51. The Kier molecular flexibility index (Phi) is 26.6. The van der Waals surface area contributed by atoms with Gasteiger partial charge in [-0.3, -0.25) is 0 Å². The average Bonchev–Trinajstić information content (AvgIpc) is 2.66. The second-order valence-electron chi connectivity index (χ2n) is 8.87. The Bertz CT molecular complexity index is 442. The first-order valence-corrected chi connectivity index (χ1v) is 14.0. The van der Waals surface area contributed by atoms with E-state index in [0.717, 1.165) is 70.6 Å². The molecule has 0 heterocycles. The zero-order valence-corrected chi connectivity index (χ0v) is 24.3. The van der Waals surface area contributed by atoms with Gasteiger partial charge in [0.05, 0.1) is 16.2 Å². The normalized spacial score (nSPS) is 13.7. The fraction of sp³-hybridized carbons (Fsp3) is 1.00. The summed E-state index contributed by atoms with van der Waals surface area (Å²) in [7, 11) is -4.17. The smallest absolute Gasteiger partial charge is 0.748 e. The van der Waals surface area contributed by atoms with Crippen LogP contribution < -0.4 is 51.4 Å². The van der Waals surface area contributed by atoms with Gasteiger partial charge in [-0.25, -0.2) is 8.42 Å². The summed E-state index contributed by atoms with van der Waals surface area (Å²) in [6.45, 7) is 4.32. The van der Waals surface area contributed by atoms with E-state index in [1.807, 2.05) is 0 Å². The number of hydrogen-bond acceptors (Lipinski definition) is 4. The van der Waals surface area contributed by atoms with Crippen molar-refractivity contribution in [3.63, 3.8) is 0 Å². The summed E-state index contributed by atoms with van der Waals surface area (Å²) in [5, 5.41) is 9.02. The molecule has 0 radical (unpaired) electrons. The van der Waals surface area contributed by atoms with Gasteiger partial charge in [0.2, 0.25) is 0 Å². The van der Waals surface area contributed by atoms with Gasteiger partial charge in [-0.2, -0.15) is 0 Å². The number of unbranched alkanes of at least 4 members (excludes halogenated alkanes) is 13. The van der Waals surface area contributed by atoms with Gasteiger partial charge in [0.25, 0.3) is 0 Å². The molecule has 0 aliphatic carbocycles. The maximum Gasteiger partial charge on any atom is 1.00 e. The molecule has 0 aliphatic rings. The van der Waals surface area contributed by atoms with E-state index in [0.29, 0.717) is 12.8 Å². The average molecular weight is 473 g/mol. The molecule has 0 spiro atoms. The second-order valence-corrected chi connectivity index (χ2v) is 10.5. The fourth-order valence-corrected chi connectivity index (χ4v) is 4.96. The van der Waals surface area contributed by atoms with Crippen LogP contribution in [-0.4, -0.2) is 29.4 Å². The van der Waals surface area contributed by atoms with Crippen LogP contribution in [0.25, 0.3) is 0 Å². The Labute approximate surface area is 230 Å². The standard InChI is InChI=1S/C24H50O4S.K/c1-3-5-6-7-8-9-10-11-14-17-21-24(29(26,27)28)22-18-15-12-13-16-20-23(25)19-4-2;/h23-25H,3-22H2,1-2H3,(H,26,27,28);/q;+1/p-1. The van der Waals surface area contributed by atoms with Gasteiger partial charge in [-0.05, 0) is 25.7 Å². The molecule has 2 unspecified atom stereocenters. The van der Waals surface area contributed by atoms with Gasteiger partial charge in [-0.15, -0.1) is 0 Å². The molecule has 0 bridgehead atoms. The molecular weight excluding hydrogens is 423 g/mol. The van der Waals surface area contributed by atoms with E-state index in [-0.39, 0.29) is 57.5 Å². The molecular formula is C24H49KO4S. The molecule has 4 nitrogen and oxygen atoms in total. The van der Waals surface area contributed by atoms with Crippen molar-refractivity contribution < 1.29 is 69.5 Å². The number of aliphatic hydroxyl groups is 1. The van der Waals surface area contributed by atoms with Gasteiger partial charge in [-0.1, -0.05) is 117 Å². The molecule has 0 aromatic heterocycles. The van der Waals surface area contributed by atoms with Gasteiger partial charge in [0.1, 0.15) is 0 Å². The third-order valence-corrected chi connectivity index (χ3v) is 7.26. The number of aliphatic hydroxyl groups excluding tert-OH is 1. The van der Waals surface area contributed by atoms with E-state index in [9.17, 15) is 18.1 Å². The molecule has 0 aromatic carbocycles. The quantitative estimate of drug-likeness (QED) is 0.146. The number of rotatable bonds is 22. The summed E-state index contributed by atoms with van der Waals surface area (Å²) in [6, 6.07) is 0. The van der Waals surface area contributed by atoms with Crippen LogP contribution in [-0.2, 0) is 10.1 Å². The molecule has 0 aromatic rings. The third-order valence-electron chi connectivity index (χ3n) is 5.97. The van der Waals surface area contributed by atoms with Crippen LogP contribution in [0.15, 0.2) is 0 Å². The summed E-state index contributed by atoms with van der Waals surface area (Å²) < 4.78 is 34.6. The SMILES string of the molecule is CCCCCCCCCCCCC(CCCCCCCC(O)CCC)S(=O)(=O)[O-].[K+]. The molecule has 0 saturated heterocycles. The van der Waals surface area contributed by atoms with Crippen molar-refractivity contribution in [3.8, 4) is 0 Å². The molecule has 0 fully saturated rings. The van der Waals surface area contributed by atoms with Crippen LogP contribution in [0.5, 0.6) is 0 Å². The first kappa shape index (κ1) is 33.7. The van der Waals surface area contributed by atoms with Crippen LogP contribution >= 0.6 is 0 Å². The first-order valence-electron chi connectivity index (χ1n) is 12.5. The Morgan fingerprint density at radius 2 is 0.967 bits per heavy atom. The monoisotopic (exact) mass is 472 g/mol. The fourth-order valence-electron chi connectivity index (χ4n) is 4.05. The van der Waals surface area contributed by atoms with E-state index >= 15 is 0 Å². The van der Waals surface area contributed by atoms with E-state index in [1.54, 1.807) is 0 Å². The van der Waals surface area contributed by atoms with Crippen LogP contribution in [0.4, 0.5) is 0 Å². The Balaban J connectivity index is 0. The van der Waals surface area contributed by atoms with E-state index in [4.69, 9.17) is 0 Å². The summed E-state index contributed by atoms with van der Waals surface area (Å²) in [5.41, 5.74) is 0. The van der Waals surface area contributed by atoms with Crippen molar-refractivity contribution in [2.75, 3.05) is 0 Å². The van der Waals surface area contributed by atoms with Crippen LogP contribution in [0, 0.1) is 0 Å². The maximum atomic E-state index is 11.5. The van der Waals surface area contributed by atoms with E-state index < -0.39 is 15.4 Å². The van der Waals surface area contributed by atoms with Crippen molar-refractivity contribution in [3.05, 3.63) is 0 Å². The van der Waals surface area contributed by atoms with Crippen LogP contribution in [0.2, 0.25) is 0 Å². The van der Waals surface area contributed by atoms with Crippen LogP contribution in [0.1, 0.15) is 142 Å². The maximum absolute atomic E-state index is 11.5. The molecule has 0 rings (SSSR count). The molecule has 176 valence electrons. The summed E-state index contributed by atoms with van der Waals surface area (Å²) >= 11 is 0. The van der Waals surface area contributed by atoms with Crippen molar-refractivity contribution in [1.29, 1.82) is 0 Å². The largest absolute Gasteiger partial charge is 1.00 e. The van der Waals surface area contributed by atoms with Crippen LogP contribution in [0.3, 0.4) is 0 Å². The predicted octanol–water partition coefficient (Wildman–Crippen LogP) is 4.11. The summed E-state index contributed by atoms with van der Waals surface area (Å²) in [4.78, 5) is 0. The third kappa shape index (κ3) is 22.7. The zero-order valence-electron chi connectivity index (χ0n) is 20.4. The molecule has 6 heteroatoms. The molecule has 1 N–H and O–H groups in total. The molecule has 2 atom stereocenters. The second kappa shape index (κ2) is 23.7. The van der Waals surface area contributed by atoms with Gasteiger partial charge >= 0.3 is 51.4 Å². The van der Waals surface area contributed by atoms with Crippen molar-refractivity contribution in [2.45, 2.75) is 154 Å². The van der Waals surface area contributed by atoms with E-state index in [1.165, 1.54) is 44.9 Å². The van der Waals surface area contributed by atoms with E-state index in [2.05, 4.69) is 13.8 Å². The van der Waals surface area contributed by atoms with Gasteiger partial charge < -0.3 is 9.66 Å². The predicted molar refractivity (Wildman–Crippen MR) is 123 cm³/mol.